The van der Waals surface area contributed by atoms with Crippen molar-refractivity contribution < 1.29 is 34.3 Å². The maximum Gasteiger partial charge on any atom is 0.302 e. The lowest BCUT2D eigenvalue weighted by atomic mass is 9.99. The molecule has 0 amide bonds. The van der Waals surface area contributed by atoms with Crippen molar-refractivity contribution in [2.45, 2.75) is 44.2 Å². The first-order valence-corrected chi connectivity index (χ1v) is 6.97. The summed E-state index contributed by atoms with van der Waals surface area (Å²) in [4.78, 5) is 10.8. The number of carbonyl (C=O) groups excluding carboxylic acids is 1. The third-order valence-electron chi connectivity index (χ3n) is 3.38. The summed E-state index contributed by atoms with van der Waals surface area (Å²) >= 11 is 0. The van der Waals surface area contributed by atoms with Crippen LogP contribution < -0.4 is 0 Å². The minimum absolute atomic E-state index is 0.172. The molecule has 1 aliphatic rings. The predicted octanol–water partition coefficient (Wildman–Crippen LogP) is -0.426. The lowest BCUT2D eigenvalue weighted by Crippen LogP contribution is -2.59. The number of hydrogen-bond donors (Lipinski definition) is 3. The van der Waals surface area contributed by atoms with E-state index < -0.39 is 36.7 Å². The first kappa shape index (κ1) is 16.9. The van der Waals surface area contributed by atoms with Crippen molar-refractivity contribution in [3.8, 4) is 0 Å². The SMILES string of the molecule is CC(=O)OC[C@@H]1O[C@H](OCc2ccccc2)[C@@H](O)[C@H](O)[C@H]1O. The van der Waals surface area contributed by atoms with Gasteiger partial charge in [-0.15, -0.1) is 0 Å². The Hall–Kier alpha value is -1.51. The van der Waals surface area contributed by atoms with Crippen LogP contribution >= 0.6 is 0 Å². The van der Waals surface area contributed by atoms with Crippen LogP contribution in [0.25, 0.3) is 0 Å². The zero-order valence-electron chi connectivity index (χ0n) is 12.2. The van der Waals surface area contributed by atoms with Crippen molar-refractivity contribution in [3.63, 3.8) is 0 Å². The maximum absolute atomic E-state index is 10.8. The summed E-state index contributed by atoms with van der Waals surface area (Å²) in [6.07, 6.45) is -6.31. The number of benzene rings is 1. The number of esters is 1. The summed E-state index contributed by atoms with van der Waals surface area (Å²) in [6, 6.07) is 9.25. The number of ether oxygens (including phenoxy) is 3. The Kier molecular flexibility index (Phi) is 5.87. The Morgan fingerprint density at radius 2 is 1.82 bits per heavy atom. The third-order valence-corrected chi connectivity index (χ3v) is 3.38. The van der Waals surface area contributed by atoms with Crippen molar-refractivity contribution in [1.82, 2.24) is 0 Å². The van der Waals surface area contributed by atoms with Gasteiger partial charge in [0, 0.05) is 6.92 Å². The Balaban J connectivity index is 1.95. The molecule has 5 atom stereocenters. The molecule has 0 bridgehead atoms. The van der Waals surface area contributed by atoms with Crippen LogP contribution in [0.1, 0.15) is 12.5 Å². The molecule has 0 unspecified atom stereocenters. The molecule has 1 aromatic rings. The topological polar surface area (TPSA) is 105 Å². The van der Waals surface area contributed by atoms with Gasteiger partial charge in [-0.1, -0.05) is 30.3 Å². The highest BCUT2D eigenvalue weighted by atomic mass is 16.7. The van der Waals surface area contributed by atoms with Gasteiger partial charge in [-0.25, -0.2) is 0 Å². The van der Waals surface area contributed by atoms with Crippen molar-refractivity contribution >= 4 is 5.97 Å². The molecule has 0 aromatic heterocycles. The smallest absolute Gasteiger partial charge is 0.302 e. The average Bonchev–Trinajstić information content (AvgIpc) is 2.52. The van der Waals surface area contributed by atoms with E-state index in [4.69, 9.17) is 14.2 Å². The second-order valence-corrected chi connectivity index (χ2v) is 5.11. The predicted molar refractivity (Wildman–Crippen MR) is 74.5 cm³/mol. The molecule has 1 fully saturated rings. The molecule has 7 heteroatoms. The van der Waals surface area contributed by atoms with Crippen molar-refractivity contribution in [1.29, 1.82) is 0 Å². The molecule has 3 N–H and O–H groups in total. The Morgan fingerprint density at radius 3 is 2.45 bits per heavy atom. The normalized spacial score (nSPS) is 31.7. The lowest BCUT2D eigenvalue weighted by Gasteiger charge is -2.39. The van der Waals surface area contributed by atoms with Crippen LogP contribution in [0.5, 0.6) is 0 Å². The fraction of sp³-hybridized carbons (Fsp3) is 0.533. The van der Waals surface area contributed by atoms with E-state index in [1.165, 1.54) is 6.92 Å². The van der Waals surface area contributed by atoms with Gasteiger partial charge in [0.1, 0.15) is 31.0 Å². The molecular formula is C15H20O7. The first-order chi connectivity index (χ1) is 10.5. The molecule has 1 aliphatic heterocycles. The standard InChI is InChI=1S/C15H20O7/c1-9(16)20-8-11-12(17)13(18)14(19)15(22-11)21-7-10-5-3-2-4-6-10/h2-6,11-15,17-19H,7-8H2,1H3/t11-,12-,13+,14-,15-/m0/s1. The molecule has 1 saturated heterocycles. The molecule has 122 valence electrons. The minimum atomic E-state index is -1.45. The molecule has 0 aliphatic carbocycles. The monoisotopic (exact) mass is 312 g/mol. The second kappa shape index (κ2) is 7.66. The van der Waals surface area contributed by atoms with Crippen LogP contribution in [0.15, 0.2) is 30.3 Å². The van der Waals surface area contributed by atoms with E-state index in [0.717, 1.165) is 5.56 Å². The molecule has 22 heavy (non-hydrogen) atoms. The fourth-order valence-corrected chi connectivity index (χ4v) is 2.14. The highest BCUT2D eigenvalue weighted by Gasteiger charge is 2.44. The quantitative estimate of drug-likeness (QED) is 0.634. The number of rotatable bonds is 5. The van der Waals surface area contributed by atoms with Crippen LogP contribution in [0.3, 0.4) is 0 Å². The Labute approximate surface area is 128 Å². The molecule has 1 heterocycles. The van der Waals surface area contributed by atoms with Gasteiger partial charge in [-0.2, -0.15) is 0 Å². The zero-order valence-corrected chi connectivity index (χ0v) is 12.2. The van der Waals surface area contributed by atoms with Gasteiger partial charge in [-0.05, 0) is 5.56 Å². The van der Waals surface area contributed by atoms with Gasteiger partial charge >= 0.3 is 5.97 Å². The summed E-state index contributed by atoms with van der Waals surface area (Å²) < 4.78 is 15.6. The molecule has 0 radical (unpaired) electrons. The molecule has 0 saturated carbocycles. The Morgan fingerprint density at radius 1 is 1.14 bits per heavy atom. The van der Waals surface area contributed by atoms with Gasteiger partial charge in [0.2, 0.25) is 0 Å². The van der Waals surface area contributed by atoms with E-state index in [2.05, 4.69) is 0 Å². The highest BCUT2D eigenvalue weighted by molar-refractivity contribution is 5.65. The number of carbonyl (C=O) groups is 1. The molecule has 7 nitrogen and oxygen atoms in total. The van der Waals surface area contributed by atoms with Gasteiger partial charge in [0.05, 0.1) is 6.61 Å². The van der Waals surface area contributed by atoms with Gasteiger partial charge in [0.15, 0.2) is 6.29 Å². The Bertz CT molecular complexity index is 478. The van der Waals surface area contributed by atoms with Crippen molar-refractivity contribution in [2.24, 2.45) is 0 Å². The van der Waals surface area contributed by atoms with Crippen LogP contribution in [-0.4, -0.2) is 58.6 Å². The van der Waals surface area contributed by atoms with Crippen LogP contribution in [-0.2, 0) is 25.6 Å². The van der Waals surface area contributed by atoms with Gasteiger partial charge < -0.3 is 29.5 Å². The van der Waals surface area contributed by atoms with Crippen LogP contribution in [0, 0.1) is 0 Å². The van der Waals surface area contributed by atoms with E-state index in [0.29, 0.717) is 0 Å². The second-order valence-electron chi connectivity index (χ2n) is 5.11. The van der Waals surface area contributed by atoms with Crippen LogP contribution in [0.2, 0.25) is 0 Å². The maximum atomic E-state index is 10.8. The molecule has 1 aromatic carbocycles. The first-order valence-electron chi connectivity index (χ1n) is 6.97. The van der Waals surface area contributed by atoms with Gasteiger partial charge in [0.25, 0.3) is 0 Å². The van der Waals surface area contributed by atoms with Gasteiger partial charge in [-0.3, -0.25) is 4.79 Å². The lowest BCUT2D eigenvalue weighted by molar-refractivity contribution is -0.304. The van der Waals surface area contributed by atoms with Crippen molar-refractivity contribution in [2.75, 3.05) is 6.61 Å². The van der Waals surface area contributed by atoms with E-state index >= 15 is 0 Å². The highest BCUT2D eigenvalue weighted by Crippen LogP contribution is 2.23. The summed E-state index contributed by atoms with van der Waals surface area (Å²) in [6.45, 7) is 1.17. The minimum Gasteiger partial charge on any atom is -0.463 e. The molecular weight excluding hydrogens is 292 g/mol. The van der Waals surface area contributed by atoms with E-state index in [1.54, 1.807) is 0 Å². The van der Waals surface area contributed by atoms with E-state index in [-0.39, 0.29) is 13.2 Å². The number of aliphatic hydroxyl groups is 3. The number of aliphatic hydroxyl groups excluding tert-OH is 3. The summed E-state index contributed by atoms with van der Waals surface area (Å²) in [5, 5.41) is 29.6. The number of hydrogen-bond acceptors (Lipinski definition) is 7. The van der Waals surface area contributed by atoms with E-state index in [1.807, 2.05) is 30.3 Å². The zero-order chi connectivity index (χ0) is 16.1. The fourth-order valence-electron chi connectivity index (χ4n) is 2.14. The third kappa shape index (κ3) is 4.25. The molecule has 2 rings (SSSR count). The van der Waals surface area contributed by atoms with E-state index in [9.17, 15) is 20.1 Å². The largest absolute Gasteiger partial charge is 0.463 e. The summed E-state index contributed by atoms with van der Waals surface area (Å²) in [5.74, 6) is -0.529. The summed E-state index contributed by atoms with van der Waals surface area (Å²) in [7, 11) is 0. The summed E-state index contributed by atoms with van der Waals surface area (Å²) in [5.41, 5.74) is 0.871. The average molecular weight is 312 g/mol. The van der Waals surface area contributed by atoms with Crippen molar-refractivity contribution in [3.05, 3.63) is 35.9 Å². The van der Waals surface area contributed by atoms with Crippen LogP contribution in [0.4, 0.5) is 0 Å². The molecule has 0 spiro atoms.